The van der Waals surface area contributed by atoms with Crippen LogP contribution in [0.5, 0.6) is 0 Å². The van der Waals surface area contributed by atoms with Gasteiger partial charge in [-0.25, -0.2) is 4.68 Å². The molecule has 3 aromatic rings. The van der Waals surface area contributed by atoms with Gasteiger partial charge in [0, 0.05) is 18.6 Å². The molecule has 2 unspecified atom stereocenters. The zero-order valence-corrected chi connectivity index (χ0v) is 13.8. The fourth-order valence-corrected chi connectivity index (χ4v) is 4.65. The van der Waals surface area contributed by atoms with Crippen LogP contribution in [0.3, 0.4) is 0 Å². The molecule has 2 saturated heterocycles. The number of piperidine rings is 1. The molecule has 0 amide bonds. The van der Waals surface area contributed by atoms with E-state index in [9.17, 15) is 0 Å². The van der Waals surface area contributed by atoms with E-state index in [2.05, 4.69) is 68.4 Å². The predicted molar refractivity (Wildman–Crippen MR) is 94.6 cm³/mol. The molecule has 3 heterocycles. The Morgan fingerprint density at radius 3 is 2.33 bits per heavy atom. The second-order valence-electron chi connectivity index (χ2n) is 7.19. The Balaban J connectivity index is 1.39. The van der Waals surface area contributed by atoms with E-state index in [1.807, 2.05) is 6.07 Å². The van der Waals surface area contributed by atoms with Crippen molar-refractivity contribution < 1.29 is 0 Å². The second-order valence-corrected chi connectivity index (χ2v) is 7.19. The number of hydrogen-bond donors (Lipinski definition) is 0. The van der Waals surface area contributed by atoms with Crippen molar-refractivity contribution in [3.05, 3.63) is 60.2 Å². The van der Waals surface area contributed by atoms with E-state index in [-0.39, 0.29) is 0 Å². The first-order valence-corrected chi connectivity index (χ1v) is 8.98. The fourth-order valence-electron chi connectivity index (χ4n) is 4.65. The van der Waals surface area contributed by atoms with Crippen LogP contribution in [0.4, 0.5) is 0 Å². The van der Waals surface area contributed by atoms with Crippen molar-refractivity contribution >= 4 is 11.0 Å². The Hall–Kier alpha value is -2.20. The summed E-state index contributed by atoms with van der Waals surface area (Å²) in [6, 6.07) is 21.0. The summed E-state index contributed by atoms with van der Waals surface area (Å²) in [5.41, 5.74) is 3.62. The summed E-state index contributed by atoms with van der Waals surface area (Å²) < 4.78 is 2.18. The van der Waals surface area contributed by atoms with Crippen LogP contribution in [0.2, 0.25) is 0 Å². The summed E-state index contributed by atoms with van der Waals surface area (Å²) in [7, 11) is 0. The summed E-state index contributed by atoms with van der Waals surface area (Å²) in [4.78, 5) is 2.73. The number of para-hydroxylation sites is 1. The van der Waals surface area contributed by atoms with Gasteiger partial charge >= 0.3 is 0 Å². The third-order valence-corrected chi connectivity index (χ3v) is 5.79. The maximum absolute atomic E-state index is 4.47. The van der Waals surface area contributed by atoms with E-state index in [1.165, 1.54) is 36.8 Å². The van der Waals surface area contributed by atoms with Crippen molar-refractivity contribution in [2.75, 3.05) is 0 Å². The first-order valence-electron chi connectivity index (χ1n) is 8.98. The topological polar surface area (TPSA) is 34.0 Å². The highest BCUT2D eigenvalue weighted by Crippen LogP contribution is 2.42. The number of hydrogen-bond acceptors (Lipinski definition) is 3. The van der Waals surface area contributed by atoms with Gasteiger partial charge in [-0.05, 0) is 43.4 Å². The van der Waals surface area contributed by atoms with Crippen molar-refractivity contribution in [1.29, 1.82) is 0 Å². The van der Waals surface area contributed by atoms with E-state index in [4.69, 9.17) is 0 Å². The van der Waals surface area contributed by atoms with Crippen molar-refractivity contribution in [2.45, 2.75) is 50.4 Å². The highest BCUT2D eigenvalue weighted by Gasteiger charge is 2.41. The maximum Gasteiger partial charge on any atom is 0.113 e. The highest BCUT2D eigenvalue weighted by molar-refractivity contribution is 5.74. The molecule has 0 spiro atoms. The zero-order chi connectivity index (χ0) is 15.9. The van der Waals surface area contributed by atoms with E-state index in [1.54, 1.807) is 0 Å². The van der Waals surface area contributed by atoms with Gasteiger partial charge in [-0.15, -0.1) is 5.10 Å². The number of rotatable bonds is 3. The highest BCUT2D eigenvalue weighted by atomic mass is 15.4. The molecular formula is C20H22N4. The molecule has 2 aliphatic rings. The minimum Gasteiger partial charge on any atom is -0.293 e. The maximum atomic E-state index is 4.47. The smallest absolute Gasteiger partial charge is 0.113 e. The summed E-state index contributed by atoms with van der Waals surface area (Å²) in [5, 5.41) is 8.82. The van der Waals surface area contributed by atoms with Crippen LogP contribution in [0.15, 0.2) is 54.6 Å². The van der Waals surface area contributed by atoms with Crippen molar-refractivity contribution in [2.24, 2.45) is 0 Å². The van der Waals surface area contributed by atoms with E-state index < -0.39 is 0 Å². The van der Waals surface area contributed by atoms with Crippen LogP contribution in [-0.4, -0.2) is 32.0 Å². The normalized spacial score (nSPS) is 26.9. The van der Waals surface area contributed by atoms with Crippen LogP contribution in [0.25, 0.3) is 11.0 Å². The van der Waals surface area contributed by atoms with Gasteiger partial charge in [0.1, 0.15) is 5.52 Å². The van der Waals surface area contributed by atoms with E-state index in [0.717, 1.165) is 12.1 Å². The molecule has 4 heteroatoms. The van der Waals surface area contributed by atoms with Gasteiger partial charge in [0.2, 0.25) is 0 Å². The molecule has 0 aliphatic carbocycles. The second kappa shape index (κ2) is 5.71. The fraction of sp³-hybridized carbons (Fsp3) is 0.400. The van der Waals surface area contributed by atoms with Gasteiger partial charge < -0.3 is 0 Å². The molecule has 4 nitrogen and oxygen atoms in total. The molecule has 2 aliphatic heterocycles. The largest absolute Gasteiger partial charge is 0.293 e. The van der Waals surface area contributed by atoms with Crippen LogP contribution in [0, 0.1) is 0 Å². The Bertz CT molecular complexity index is 827. The zero-order valence-electron chi connectivity index (χ0n) is 13.8. The van der Waals surface area contributed by atoms with Crippen LogP contribution < -0.4 is 0 Å². The molecule has 5 rings (SSSR count). The molecular weight excluding hydrogens is 296 g/mol. The van der Waals surface area contributed by atoms with Crippen molar-refractivity contribution in [1.82, 2.24) is 19.9 Å². The van der Waals surface area contributed by atoms with Crippen molar-refractivity contribution in [3.8, 4) is 0 Å². The summed E-state index contributed by atoms with van der Waals surface area (Å²) in [6.07, 6.45) is 5.02. The van der Waals surface area contributed by atoms with Crippen LogP contribution >= 0.6 is 0 Å². The molecule has 122 valence electrons. The number of fused-ring (bicyclic) bond motifs is 3. The average Bonchev–Trinajstić information content (AvgIpc) is 3.14. The third-order valence-electron chi connectivity index (χ3n) is 5.79. The SMILES string of the molecule is c1ccc(CN2C3CCC2CC(n2nnc4ccccc42)C3)cc1. The monoisotopic (exact) mass is 318 g/mol. The number of aromatic nitrogens is 3. The first-order chi connectivity index (χ1) is 11.9. The summed E-state index contributed by atoms with van der Waals surface area (Å²) >= 11 is 0. The molecule has 2 bridgehead atoms. The Labute approximate surface area is 142 Å². The minimum atomic E-state index is 0.488. The van der Waals surface area contributed by atoms with E-state index >= 15 is 0 Å². The standard InChI is InChI=1S/C20H22N4/c1-2-6-15(7-3-1)14-23-16-10-11-17(23)13-18(12-16)24-20-9-5-4-8-19(20)21-22-24/h1-9,16-18H,10-14H2. The number of nitrogens with zero attached hydrogens (tertiary/aromatic N) is 4. The Kier molecular flexibility index (Phi) is 3.37. The van der Waals surface area contributed by atoms with Gasteiger partial charge in [-0.2, -0.15) is 0 Å². The first kappa shape index (κ1) is 14.2. The van der Waals surface area contributed by atoms with Crippen LogP contribution in [0.1, 0.15) is 37.3 Å². The van der Waals surface area contributed by atoms with Gasteiger partial charge in [-0.3, -0.25) is 4.90 Å². The molecule has 0 saturated carbocycles. The predicted octanol–water partition coefficient (Wildman–Crippen LogP) is 3.80. The lowest BCUT2D eigenvalue weighted by Crippen LogP contribution is -2.43. The molecule has 2 atom stereocenters. The average molecular weight is 318 g/mol. The summed E-state index contributed by atoms with van der Waals surface area (Å²) in [5.74, 6) is 0. The lowest BCUT2D eigenvalue weighted by molar-refractivity contribution is 0.0960. The van der Waals surface area contributed by atoms with Gasteiger partial charge in [0.05, 0.1) is 11.6 Å². The Morgan fingerprint density at radius 2 is 1.54 bits per heavy atom. The minimum absolute atomic E-state index is 0.488. The molecule has 0 radical (unpaired) electrons. The van der Waals surface area contributed by atoms with Crippen molar-refractivity contribution in [3.63, 3.8) is 0 Å². The molecule has 2 fully saturated rings. The third kappa shape index (κ3) is 2.33. The molecule has 0 N–H and O–H groups in total. The van der Waals surface area contributed by atoms with E-state index in [0.29, 0.717) is 18.1 Å². The van der Waals surface area contributed by atoms with Gasteiger partial charge in [0.25, 0.3) is 0 Å². The van der Waals surface area contributed by atoms with Crippen LogP contribution in [-0.2, 0) is 6.54 Å². The van der Waals surface area contributed by atoms with Gasteiger partial charge in [-0.1, -0.05) is 47.7 Å². The Morgan fingerprint density at radius 1 is 0.833 bits per heavy atom. The summed E-state index contributed by atoms with van der Waals surface area (Å²) in [6.45, 7) is 1.08. The quantitative estimate of drug-likeness (QED) is 0.736. The lowest BCUT2D eigenvalue weighted by Gasteiger charge is -2.39. The number of benzene rings is 2. The molecule has 24 heavy (non-hydrogen) atoms. The molecule has 2 aromatic carbocycles. The lowest BCUT2D eigenvalue weighted by atomic mass is 9.96. The van der Waals surface area contributed by atoms with Gasteiger partial charge in [0.15, 0.2) is 0 Å². The molecule has 1 aromatic heterocycles.